The first-order chi connectivity index (χ1) is 10.1. The summed E-state index contributed by atoms with van der Waals surface area (Å²) < 4.78 is 40.7. The topological polar surface area (TPSA) is 48.0 Å². The van der Waals surface area contributed by atoms with Gasteiger partial charge in [0.05, 0.1) is 25.2 Å². The lowest BCUT2D eigenvalue weighted by Crippen LogP contribution is -2.38. The molecule has 1 aliphatic heterocycles. The highest BCUT2D eigenvalue weighted by atomic mass is 32.1. The molecule has 1 aromatic heterocycles. The Morgan fingerprint density at radius 3 is 2.81 bits per heavy atom. The van der Waals surface area contributed by atoms with Crippen molar-refractivity contribution in [3.8, 4) is 5.75 Å². The van der Waals surface area contributed by atoms with Gasteiger partial charge < -0.3 is 14.2 Å². The molecule has 0 saturated carbocycles. The van der Waals surface area contributed by atoms with E-state index in [1.165, 1.54) is 13.2 Å². The average molecular weight is 321 g/mol. The molecule has 8 heteroatoms. The van der Waals surface area contributed by atoms with Crippen LogP contribution in [0.25, 0.3) is 0 Å². The molecule has 5 nitrogen and oxygen atoms in total. The first kappa shape index (κ1) is 16.1. The predicted octanol–water partition coefficient (Wildman–Crippen LogP) is 2.18. The SMILES string of the molecule is COC(=O)c1sc(C(F)F)cc1OCCN1CCOCC1. The standard InChI is InChI=1S/C13H17F2NO4S/c1-18-13(17)11-9(8-10(21-11)12(14)15)20-7-4-16-2-5-19-6-3-16/h8,12H,2-7H2,1H3. The number of halogens is 2. The second-order valence-corrected chi connectivity index (χ2v) is 5.52. The fourth-order valence-corrected chi connectivity index (χ4v) is 2.83. The summed E-state index contributed by atoms with van der Waals surface area (Å²) >= 11 is 0.703. The number of morpholine rings is 1. The summed E-state index contributed by atoms with van der Waals surface area (Å²) in [6.07, 6.45) is -2.63. The van der Waals surface area contributed by atoms with E-state index in [9.17, 15) is 13.6 Å². The van der Waals surface area contributed by atoms with Crippen molar-refractivity contribution in [2.24, 2.45) is 0 Å². The zero-order valence-electron chi connectivity index (χ0n) is 11.6. The first-order valence-corrected chi connectivity index (χ1v) is 7.36. The van der Waals surface area contributed by atoms with Gasteiger partial charge in [-0.05, 0) is 0 Å². The number of hydrogen-bond acceptors (Lipinski definition) is 6. The van der Waals surface area contributed by atoms with E-state index >= 15 is 0 Å². The maximum absolute atomic E-state index is 12.7. The summed E-state index contributed by atoms with van der Waals surface area (Å²) in [4.78, 5) is 13.6. The number of hydrogen-bond donors (Lipinski definition) is 0. The molecule has 2 heterocycles. The van der Waals surface area contributed by atoms with Gasteiger partial charge in [0.2, 0.25) is 0 Å². The van der Waals surface area contributed by atoms with Gasteiger partial charge in [0.1, 0.15) is 12.4 Å². The van der Waals surface area contributed by atoms with E-state index < -0.39 is 12.4 Å². The van der Waals surface area contributed by atoms with Gasteiger partial charge in [-0.2, -0.15) is 0 Å². The van der Waals surface area contributed by atoms with E-state index in [1.54, 1.807) is 0 Å². The second kappa shape index (κ2) is 7.67. The highest BCUT2D eigenvalue weighted by Gasteiger charge is 2.22. The molecule has 0 atom stereocenters. The highest BCUT2D eigenvalue weighted by molar-refractivity contribution is 7.14. The number of alkyl halides is 2. The van der Waals surface area contributed by atoms with Crippen LogP contribution in [0.15, 0.2) is 6.07 Å². The number of esters is 1. The zero-order valence-corrected chi connectivity index (χ0v) is 12.5. The Morgan fingerprint density at radius 1 is 1.48 bits per heavy atom. The molecule has 0 spiro atoms. The lowest BCUT2D eigenvalue weighted by molar-refractivity contribution is 0.0321. The molecule has 1 aliphatic rings. The highest BCUT2D eigenvalue weighted by Crippen LogP contribution is 2.35. The molecule has 0 bridgehead atoms. The first-order valence-electron chi connectivity index (χ1n) is 6.55. The summed E-state index contributed by atoms with van der Waals surface area (Å²) in [6.45, 7) is 3.98. The van der Waals surface area contributed by atoms with Gasteiger partial charge in [-0.1, -0.05) is 0 Å². The molecule has 1 fully saturated rings. The van der Waals surface area contributed by atoms with Crippen molar-refractivity contribution in [3.63, 3.8) is 0 Å². The van der Waals surface area contributed by atoms with Crippen LogP contribution in [0.2, 0.25) is 0 Å². The Hall–Kier alpha value is -1.25. The van der Waals surface area contributed by atoms with Crippen LogP contribution in [-0.2, 0) is 9.47 Å². The number of carbonyl (C=O) groups excluding carboxylic acids is 1. The van der Waals surface area contributed by atoms with E-state index in [1.807, 2.05) is 0 Å². The molecule has 1 saturated heterocycles. The minimum absolute atomic E-state index is 0.0785. The lowest BCUT2D eigenvalue weighted by atomic mass is 10.4. The number of rotatable bonds is 6. The third-order valence-electron chi connectivity index (χ3n) is 3.07. The fraction of sp³-hybridized carbons (Fsp3) is 0.615. The monoisotopic (exact) mass is 321 g/mol. The summed E-state index contributed by atoms with van der Waals surface area (Å²) in [5.74, 6) is -0.497. The lowest BCUT2D eigenvalue weighted by Gasteiger charge is -2.26. The molecule has 21 heavy (non-hydrogen) atoms. The largest absolute Gasteiger partial charge is 0.490 e. The third kappa shape index (κ3) is 4.36. The van der Waals surface area contributed by atoms with Gasteiger partial charge in [-0.3, -0.25) is 4.90 Å². The molecule has 1 aromatic rings. The minimum Gasteiger partial charge on any atom is -0.490 e. The van der Waals surface area contributed by atoms with Crippen LogP contribution in [0.1, 0.15) is 21.0 Å². The number of nitrogens with zero attached hydrogens (tertiary/aromatic N) is 1. The van der Waals surface area contributed by atoms with Gasteiger partial charge in [0, 0.05) is 25.7 Å². The molecule has 0 aromatic carbocycles. The van der Waals surface area contributed by atoms with E-state index in [4.69, 9.17) is 9.47 Å². The Balaban J connectivity index is 1.95. The van der Waals surface area contributed by atoms with Gasteiger partial charge in [-0.25, -0.2) is 13.6 Å². The average Bonchev–Trinajstić information content (AvgIpc) is 2.92. The summed E-state index contributed by atoms with van der Waals surface area (Å²) in [6, 6.07) is 1.21. The Kier molecular flexibility index (Phi) is 5.89. The fourth-order valence-electron chi connectivity index (χ4n) is 1.95. The van der Waals surface area contributed by atoms with Gasteiger partial charge in [0.25, 0.3) is 6.43 Å². The van der Waals surface area contributed by atoms with Gasteiger partial charge >= 0.3 is 5.97 Å². The van der Waals surface area contributed by atoms with E-state index in [0.717, 1.165) is 13.1 Å². The van der Waals surface area contributed by atoms with Crippen LogP contribution < -0.4 is 4.74 Å². The maximum atomic E-state index is 12.7. The number of ether oxygens (including phenoxy) is 3. The molecular formula is C13H17F2NO4S. The molecular weight excluding hydrogens is 304 g/mol. The molecule has 0 unspecified atom stereocenters. The quantitative estimate of drug-likeness (QED) is 0.752. The molecule has 2 rings (SSSR count). The molecule has 0 N–H and O–H groups in total. The third-order valence-corrected chi connectivity index (χ3v) is 4.18. The van der Waals surface area contributed by atoms with Crippen molar-refractivity contribution in [1.29, 1.82) is 0 Å². The minimum atomic E-state index is -2.63. The smallest absolute Gasteiger partial charge is 0.351 e. The van der Waals surface area contributed by atoms with Crippen LogP contribution in [0.5, 0.6) is 5.75 Å². The van der Waals surface area contributed by atoms with E-state index in [-0.39, 0.29) is 15.5 Å². The molecule has 0 aliphatic carbocycles. The van der Waals surface area contributed by atoms with Gasteiger partial charge in [0.15, 0.2) is 4.88 Å². The van der Waals surface area contributed by atoms with Crippen molar-refractivity contribution in [3.05, 3.63) is 15.8 Å². The van der Waals surface area contributed by atoms with E-state index in [2.05, 4.69) is 9.64 Å². The molecule has 118 valence electrons. The number of methoxy groups -OCH3 is 1. The van der Waals surface area contributed by atoms with Crippen LogP contribution >= 0.6 is 11.3 Å². The molecule has 0 amide bonds. The van der Waals surface area contributed by atoms with Crippen molar-refractivity contribution in [1.82, 2.24) is 4.90 Å². The summed E-state index contributed by atoms with van der Waals surface area (Å²) in [5.41, 5.74) is 0. The number of thiophene rings is 1. The summed E-state index contributed by atoms with van der Waals surface area (Å²) in [5, 5.41) is 0. The van der Waals surface area contributed by atoms with Crippen molar-refractivity contribution >= 4 is 17.3 Å². The normalized spacial score (nSPS) is 16.2. The van der Waals surface area contributed by atoms with Crippen molar-refractivity contribution in [2.45, 2.75) is 6.43 Å². The van der Waals surface area contributed by atoms with Crippen LogP contribution in [0, 0.1) is 0 Å². The van der Waals surface area contributed by atoms with Gasteiger partial charge in [-0.15, -0.1) is 11.3 Å². The van der Waals surface area contributed by atoms with Crippen molar-refractivity contribution in [2.75, 3.05) is 46.6 Å². The van der Waals surface area contributed by atoms with Crippen LogP contribution in [0.4, 0.5) is 8.78 Å². The van der Waals surface area contributed by atoms with Crippen LogP contribution in [-0.4, -0.2) is 57.4 Å². The Morgan fingerprint density at radius 2 is 2.19 bits per heavy atom. The zero-order chi connectivity index (χ0) is 15.2. The van der Waals surface area contributed by atoms with E-state index in [0.29, 0.717) is 37.7 Å². The van der Waals surface area contributed by atoms with Crippen LogP contribution in [0.3, 0.4) is 0 Å². The predicted molar refractivity (Wildman–Crippen MR) is 73.4 cm³/mol. The van der Waals surface area contributed by atoms with Crippen molar-refractivity contribution < 1.29 is 27.8 Å². The number of carbonyl (C=O) groups is 1. The Labute approximate surface area is 125 Å². The maximum Gasteiger partial charge on any atom is 0.351 e. The Bertz CT molecular complexity index is 475. The summed E-state index contributed by atoms with van der Waals surface area (Å²) in [7, 11) is 1.21. The molecule has 0 radical (unpaired) electrons. The second-order valence-electron chi connectivity index (χ2n) is 4.44.